The minimum absolute atomic E-state index is 0.0107. The van der Waals surface area contributed by atoms with E-state index in [0.717, 1.165) is 29.6 Å². The molecule has 0 radical (unpaired) electrons. The number of ether oxygens (including phenoxy) is 1. The number of fused-ring (bicyclic) bond motifs is 3. The minimum Gasteiger partial charge on any atom is -0.384 e. The molecule has 2 heterocycles. The van der Waals surface area contributed by atoms with Gasteiger partial charge in [0.2, 0.25) is 0 Å². The minimum atomic E-state index is -0.0107. The van der Waals surface area contributed by atoms with E-state index in [2.05, 4.69) is 15.1 Å². The van der Waals surface area contributed by atoms with Crippen molar-refractivity contribution < 1.29 is 4.74 Å². The van der Waals surface area contributed by atoms with E-state index in [1.54, 1.807) is 7.11 Å². The maximum atomic E-state index is 13.2. The Morgan fingerprint density at radius 2 is 2.16 bits per heavy atom. The highest BCUT2D eigenvalue weighted by atomic mass is 35.5. The maximum absolute atomic E-state index is 13.2. The van der Waals surface area contributed by atoms with Crippen LogP contribution in [0.2, 0.25) is 5.02 Å². The second-order valence-corrected chi connectivity index (χ2v) is 6.88. The van der Waals surface area contributed by atoms with Crippen molar-refractivity contribution in [3.8, 4) is 0 Å². The zero-order valence-electron chi connectivity index (χ0n) is 14.8. The summed E-state index contributed by atoms with van der Waals surface area (Å²) >= 11 is 6.20. The van der Waals surface area contributed by atoms with Crippen molar-refractivity contribution in [1.29, 1.82) is 0 Å². The van der Waals surface area contributed by atoms with Gasteiger partial charge in [0.25, 0.3) is 5.56 Å². The van der Waals surface area contributed by atoms with Crippen molar-refractivity contribution in [2.24, 2.45) is 0 Å². The zero-order chi connectivity index (χ0) is 18.0. The summed E-state index contributed by atoms with van der Waals surface area (Å²) in [5.74, 6) is 0. The van der Waals surface area contributed by atoms with Crippen LogP contribution in [0.25, 0.3) is 21.8 Å². The first-order valence-electron chi connectivity index (χ1n) is 8.35. The molecule has 3 rings (SSSR count). The molecule has 0 saturated carbocycles. The summed E-state index contributed by atoms with van der Waals surface area (Å²) in [6, 6.07) is 5.59. The van der Waals surface area contributed by atoms with Crippen LogP contribution in [0.5, 0.6) is 0 Å². The highest BCUT2D eigenvalue weighted by Crippen LogP contribution is 2.26. The Balaban J connectivity index is 2.20. The molecule has 0 aliphatic heterocycles. The van der Waals surface area contributed by atoms with Crippen LogP contribution in [0.3, 0.4) is 0 Å². The highest BCUT2D eigenvalue weighted by molar-refractivity contribution is 6.31. The number of pyridine rings is 1. The maximum Gasteiger partial charge on any atom is 0.262 e. The molecule has 7 heteroatoms. The van der Waals surface area contributed by atoms with Gasteiger partial charge >= 0.3 is 0 Å². The molecule has 0 amide bonds. The van der Waals surface area contributed by atoms with Crippen molar-refractivity contribution in [1.82, 2.24) is 19.7 Å². The number of rotatable bonds is 7. The van der Waals surface area contributed by atoms with E-state index in [0.29, 0.717) is 35.5 Å². The van der Waals surface area contributed by atoms with Crippen LogP contribution in [-0.4, -0.2) is 54.0 Å². The van der Waals surface area contributed by atoms with Crippen molar-refractivity contribution >= 4 is 33.4 Å². The van der Waals surface area contributed by atoms with Crippen molar-refractivity contribution in [3.05, 3.63) is 39.3 Å². The summed E-state index contributed by atoms with van der Waals surface area (Å²) in [4.78, 5) is 15.3. The third-order valence-electron chi connectivity index (χ3n) is 4.35. The van der Waals surface area contributed by atoms with Gasteiger partial charge in [-0.05, 0) is 45.3 Å². The Hall–Kier alpha value is -1.89. The van der Waals surface area contributed by atoms with E-state index in [1.165, 1.54) is 0 Å². The van der Waals surface area contributed by atoms with E-state index in [-0.39, 0.29) is 5.56 Å². The number of hydrogen-bond donors (Lipinski definition) is 1. The Morgan fingerprint density at radius 3 is 2.88 bits per heavy atom. The Morgan fingerprint density at radius 1 is 1.36 bits per heavy atom. The fourth-order valence-electron chi connectivity index (χ4n) is 3.13. The van der Waals surface area contributed by atoms with E-state index >= 15 is 0 Å². The van der Waals surface area contributed by atoms with Crippen LogP contribution < -0.4 is 5.56 Å². The van der Waals surface area contributed by atoms with Crippen LogP contribution in [0.4, 0.5) is 0 Å². The van der Waals surface area contributed by atoms with Crippen LogP contribution in [0.15, 0.2) is 23.0 Å². The predicted octanol–water partition coefficient (Wildman–Crippen LogP) is 2.67. The molecule has 0 unspecified atom stereocenters. The fraction of sp³-hybridized carbons (Fsp3) is 0.444. The van der Waals surface area contributed by atoms with Crippen LogP contribution in [-0.2, 0) is 17.7 Å². The molecular formula is C18H23ClN4O2. The number of aryl methyl sites for hydroxylation is 1. The van der Waals surface area contributed by atoms with E-state index < -0.39 is 0 Å². The van der Waals surface area contributed by atoms with Gasteiger partial charge < -0.3 is 14.2 Å². The molecule has 1 N–H and O–H groups in total. The van der Waals surface area contributed by atoms with Crippen LogP contribution >= 0.6 is 11.6 Å². The largest absolute Gasteiger partial charge is 0.384 e. The number of nitrogens with one attached hydrogen (secondary N) is 1. The summed E-state index contributed by atoms with van der Waals surface area (Å²) in [6.07, 6.45) is 1.51. The smallest absolute Gasteiger partial charge is 0.262 e. The molecule has 0 spiro atoms. The first-order valence-corrected chi connectivity index (χ1v) is 8.73. The lowest BCUT2D eigenvalue weighted by Gasteiger charge is -2.14. The number of benzene rings is 1. The lowest BCUT2D eigenvalue weighted by atomic mass is 10.1. The molecule has 0 bridgehead atoms. The Kier molecular flexibility index (Phi) is 5.42. The molecule has 1 aromatic carbocycles. The molecule has 0 aliphatic rings. The standard InChI is InChI=1S/C18H23ClN4O2/c1-22(2)8-4-9-23-15-6-5-12(19)11-13(15)17-16(18(23)24)14(20-21-17)7-10-25-3/h5-6,11H,4,7-10H2,1-3H3,(H,20,21). The second kappa shape index (κ2) is 7.56. The number of H-pyrrole nitrogens is 1. The lowest BCUT2D eigenvalue weighted by molar-refractivity contribution is 0.201. The van der Waals surface area contributed by atoms with Gasteiger partial charge in [-0.3, -0.25) is 9.89 Å². The lowest BCUT2D eigenvalue weighted by Crippen LogP contribution is -2.24. The molecular weight excluding hydrogens is 340 g/mol. The van der Waals surface area contributed by atoms with Gasteiger partial charge in [0.15, 0.2) is 0 Å². The first-order chi connectivity index (χ1) is 12.0. The summed E-state index contributed by atoms with van der Waals surface area (Å²) in [5, 5.41) is 9.56. The van der Waals surface area contributed by atoms with E-state index in [1.807, 2.05) is 36.9 Å². The first kappa shape index (κ1) is 17.9. The third kappa shape index (κ3) is 3.56. The Bertz CT molecular complexity index is 946. The van der Waals surface area contributed by atoms with Crippen molar-refractivity contribution in [2.45, 2.75) is 19.4 Å². The summed E-state index contributed by atoms with van der Waals surface area (Å²) < 4.78 is 6.99. The van der Waals surface area contributed by atoms with Gasteiger partial charge in [0.1, 0.15) is 5.52 Å². The summed E-state index contributed by atoms with van der Waals surface area (Å²) in [6.45, 7) is 2.10. The number of aromatic nitrogens is 3. The number of aromatic amines is 1. The molecule has 0 fully saturated rings. The third-order valence-corrected chi connectivity index (χ3v) is 4.58. The van der Waals surface area contributed by atoms with Gasteiger partial charge in [0, 0.05) is 30.5 Å². The van der Waals surface area contributed by atoms with E-state index in [4.69, 9.17) is 16.3 Å². The topological polar surface area (TPSA) is 63.1 Å². The molecule has 0 aliphatic carbocycles. The predicted molar refractivity (Wildman–Crippen MR) is 102 cm³/mol. The monoisotopic (exact) mass is 362 g/mol. The fourth-order valence-corrected chi connectivity index (χ4v) is 3.31. The van der Waals surface area contributed by atoms with Crippen LogP contribution in [0, 0.1) is 0 Å². The highest BCUT2D eigenvalue weighted by Gasteiger charge is 2.17. The van der Waals surface area contributed by atoms with Gasteiger partial charge in [-0.1, -0.05) is 11.6 Å². The molecule has 6 nitrogen and oxygen atoms in total. The van der Waals surface area contributed by atoms with Gasteiger partial charge in [0.05, 0.1) is 23.2 Å². The SMILES string of the molecule is COCCc1[nH]nc2c1c(=O)n(CCCN(C)C)c1ccc(Cl)cc21. The molecule has 3 aromatic rings. The Labute approximate surface area is 151 Å². The average molecular weight is 363 g/mol. The quantitative estimate of drug-likeness (QED) is 0.702. The molecule has 0 atom stereocenters. The van der Waals surface area contributed by atoms with E-state index in [9.17, 15) is 4.79 Å². The molecule has 0 saturated heterocycles. The molecule has 2 aromatic heterocycles. The number of halogens is 1. The van der Waals surface area contributed by atoms with Gasteiger partial charge in [-0.15, -0.1) is 0 Å². The number of methoxy groups -OCH3 is 1. The number of hydrogen-bond acceptors (Lipinski definition) is 4. The molecule has 25 heavy (non-hydrogen) atoms. The van der Waals surface area contributed by atoms with Gasteiger partial charge in [-0.2, -0.15) is 5.10 Å². The van der Waals surface area contributed by atoms with Crippen molar-refractivity contribution in [3.63, 3.8) is 0 Å². The summed E-state index contributed by atoms with van der Waals surface area (Å²) in [5.41, 5.74) is 2.34. The summed E-state index contributed by atoms with van der Waals surface area (Å²) in [7, 11) is 5.71. The zero-order valence-corrected chi connectivity index (χ0v) is 15.6. The second-order valence-electron chi connectivity index (χ2n) is 6.44. The average Bonchev–Trinajstić information content (AvgIpc) is 3.00. The molecule has 134 valence electrons. The van der Waals surface area contributed by atoms with Gasteiger partial charge in [-0.25, -0.2) is 0 Å². The van der Waals surface area contributed by atoms with Crippen LogP contribution in [0.1, 0.15) is 12.1 Å². The van der Waals surface area contributed by atoms with Crippen molar-refractivity contribution in [2.75, 3.05) is 34.4 Å². The number of nitrogens with zero attached hydrogens (tertiary/aromatic N) is 3. The normalized spacial score (nSPS) is 11.9.